The van der Waals surface area contributed by atoms with Crippen LogP contribution in [0.25, 0.3) is 0 Å². The van der Waals surface area contributed by atoms with Crippen LogP contribution in [0.5, 0.6) is 0 Å². The van der Waals surface area contributed by atoms with Gasteiger partial charge in [-0.2, -0.15) is 0 Å². The van der Waals surface area contributed by atoms with E-state index in [0.29, 0.717) is 0 Å². The minimum atomic E-state index is -2.28. The summed E-state index contributed by atoms with van der Waals surface area (Å²) in [7, 11) is -2.28. The van der Waals surface area contributed by atoms with Gasteiger partial charge in [0.15, 0.2) is 8.38 Å². The van der Waals surface area contributed by atoms with Crippen LogP contribution in [0.4, 0.5) is 0 Å². The van der Waals surface area contributed by atoms with E-state index in [-0.39, 0.29) is 0 Å². The molecule has 0 aliphatic heterocycles. The van der Waals surface area contributed by atoms with Crippen molar-refractivity contribution in [2.75, 3.05) is 6.16 Å². The molecule has 0 amide bonds. The Kier molecular flexibility index (Phi) is 3.30. The average molecular weight is 151 g/mol. The van der Waals surface area contributed by atoms with Crippen LogP contribution >= 0.6 is 8.38 Å². The summed E-state index contributed by atoms with van der Waals surface area (Å²) in [6.45, 7) is 0. The summed E-state index contributed by atoms with van der Waals surface area (Å²) in [5, 5.41) is 14.6. The Balaban J connectivity index is 3.65. The largest absolute Gasteiger partial charge is 0.477 e. The predicted octanol–water partition coefficient (Wildman–Crippen LogP) is -0.613. The van der Waals surface area contributed by atoms with Gasteiger partial charge in [-0.05, 0) is 0 Å². The number of carboxylic acid groups (broad SMARTS) is 1. The van der Waals surface area contributed by atoms with E-state index in [1.165, 1.54) is 0 Å². The van der Waals surface area contributed by atoms with Crippen molar-refractivity contribution in [2.24, 2.45) is 0 Å². The fourth-order valence-corrected chi connectivity index (χ4v) is 0.627. The summed E-state index contributed by atoms with van der Waals surface area (Å²) in [4.78, 5) is 26.2. The molecule has 0 saturated carbocycles. The minimum absolute atomic E-state index is 0.468. The minimum Gasteiger partial charge on any atom is -0.477 e. The Bertz CT molecular complexity index is 134. The summed E-state index contributed by atoms with van der Waals surface area (Å²) in [6.07, 6.45) is -0.468. The highest BCUT2D eigenvalue weighted by Gasteiger charge is 2.10. The maximum atomic E-state index is 9.80. The summed E-state index contributed by atoms with van der Waals surface area (Å²) < 4.78 is 0. The highest BCUT2D eigenvalue weighted by atomic mass is 31.2. The number of nitrogens with one attached hydrogen (secondary N) is 1. The molecule has 0 aliphatic rings. The Hall–Kier alpha value is -0.510. The lowest BCUT2D eigenvalue weighted by Gasteiger charge is -1.97. The molecule has 0 bridgehead atoms. The van der Waals surface area contributed by atoms with Gasteiger partial charge in [0.25, 0.3) is 0 Å². The third-order valence-electron chi connectivity index (χ3n) is 0.558. The van der Waals surface area contributed by atoms with E-state index in [0.717, 1.165) is 0 Å². The molecule has 0 rings (SSSR count). The van der Waals surface area contributed by atoms with Gasteiger partial charge >= 0.3 is 5.97 Å². The van der Waals surface area contributed by atoms with Crippen LogP contribution in [0.3, 0.4) is 0 Å². The van der Waals surface area contributed by atoms with Crippen molar-refractivity contribution in [1.82, 2.24) is 0 Å². The number of hydrogen-bond donors (Lipinski definition) is 4. The smallest absolute Gasteiger partial charge is 0.350 e. The second-order valence-corrected chi connectivity index (χ2v) is 2.37. The number of carboxylic acids is 1. The molecule has 0 aromatic heterocycles. The van der Waals surface area contributed by atoms with E-state index >= 15 is 0 Å². The van der Waals surface area contributed by atoms with Gasteiger partial charge in [-0.1, -0.05) is 0 Å². The third kappa shape index (κ3) is 4.02. The second kappa shape index (κ2) is 3.50. The molecule has 0 aromatic rings. The molecule has 6 heteroatoms. The van der Waals surface area contributed by atoms with Crippen LogP contribution in [0, 0.1) is 5.41 Å². The topological polar surface area (TPSA) is 102 Å². The molecular weight excluding hydrogens is 145 g/mol. The van der Waals surface area contributed by atoms with Gasteiger partial charge in [-0.15, -0.1) is 0 Å². The number of aliphatic carboxylic acids is 1. The highest BCUT2D eigenvalue weighted by molar-refractivity contribution is 7.46. The Morgan fingerprint density at radius 2 is 2.00 bits per heavy atom. The van der Waals surface area contributed by atoms with E-state index in [4.69, 9.17) is 20.3 Å². The summed E-state index contributed by atoms with van der Waals surface area (Å²) >= 11 is 0. The van der Waals surface area contributed by atoms with Crippen molar-refractivity contribution >= 4 is 20.1 Å². The molecule has 0 fully saturated rings. The number of rotatable bonds is 3. The second-order valence-electron chi connectivity index (χ2n) is 1.31. The molecule has 0 spiro atoms. The van der Waals surface area contributed by atoms with Crippen molar-refractivity contribution in [3.8, 4) is 0 Å². The first-order chi connectivity index (χ1) is 4.04. The highest BCUT2D eigenvalue weighted by Crippen LogP contribution is 2.21. The molecule has 0 radical (unpaired) electrons. The van der Waals surface area contributed by atoms with Crippen molar-refractivity contribution < 1.29 is 19.7 Å². The van der Waals surface area contributed by atoms with Crippen molar-refractivity contribution in [2.45, 2.75) is 0 Å². The SMILES string of the molecule is N=C(CP(O)O)C(=O)O. The fraction of sp³-hybridized carbons (Fsp3) is 0.333. The van der Waals surface area contributed by atoms with Gasteiger partial charge in [0.2, 0.25) is 0 Å². The Morgan fingerprint density at radius 1 is 1.56 bits per heavy atom. The molecule has 52 valence electrons. The Morgan fingerprint density at radius 3 is 2.11 bits per heavy atom. The van der Waals surface area contributed by atoms with E-state index in [2.05, 4.69) is 0 Å². The lowest BCUT2D eigenvalue weighted by atomic mass is 10.4. The molecule has 0 heterocycles. The van der Waals surface area contributed by atoms with E-state index < -0.39 is 26.2 Å². The third-order valence-corrected chi connectivity index (χ3v) is 1.16. The summed E-state index contributed by atoms with van der Waals surface area (Å²) in [5.74, 6) is -1.41. The lowest BCUT2D eigenvalue weighted by molar-refractivity contribution is -0.129. The molecular formula is C3H6NO4P. The van der Waals surface area contributed by atoms with Crippen LogP contribution in [-0.2, 0) is 4.79 Å². The molecule has 4 N–H and O–H groups in total. The maximum Gasteiger partial charge on any atom is 0.350 e. The number of carbonyl (C=O) groups is 1. The van der Waals surface area contributed by atoms with Crippen LogP contribution in [-0.4, -0.2) is 32.7 Å². The molecule has 0 unspecified atom stereocenters. The van der Waals surface area contributed by atoms with Crippen LogP contribution < -0.4 is 0 Å². The molecule has 0 aliphatic carbocycles. The molecule has 5 nitrogen and oxygen atoms in total. The van der Waals surface area contributed by atoms with Crippen molar-refractivity contribution in [3.63, 3.8) is 0 Å². The molecule has 0 atom stereocenters. The van der Waals surface area contributed by atoms with E-state index in [9.17, 15) is 4.79 Å². The predicted molar refractivity (Wildman–Crippen MR) is 31.6 cm³/mol. The van der Waals surface area contributed by atoms with Gasteiger partial charge in [0.1, 0.15) is 5.71 Å². The molecule has 9 heavy (non-hydrogen) atoms. The van der Waals surface area contributed by atoms with Crippen LogP contribution in [0.1, 0.15) is 0 Å². The monoisotopic (exact) mass is 151 g/mol. The molecule has 0 aromatic carbocycles. The lowest BCUT2D eigenvalue weighted by Crippen LogP contribution is -2.14. The first kappa shape index (κ1) is 8.49. The summed E-state index contributed by atoms with van der Waals surface area (Å²) in [5.41, 5.74) is -0.675. The number of hydrogen-bond acceptors (Lipinski definition) is 4. The average Bonchev–Trinajstić information content (AvgIpc) is 1.63. The van der Waals surface area contributed by atoms with E-state index in [1.54, 1.807) is 0 Å². The standard InChI is InChI=1S/C3H6NO4P/c4-2(3(5)6)1-9(7)8/h4,7-8H,1H2,(H,5,6). The summed E-state index contributed by atoms with van der Waals surface area (Å²) in [6, 6.07) is 0. The quantitative estimate of drug-likeness (QED) is 0.319. The van der Waals surface area contributed by atoms with Crippen molar-refractivity contribution in [3.05, 3.63) is 0 Å². The zero-order valence-corrected chi connectivity index (χ0v) is 5.30. The van der Waals surface area contributed by atoms with Gasteiger partial charge in [0.05, 0.1) is 6.16 Å². The van der Waals surface area contributed by atoms with E-state index in [1.807, 2.05) is 0 Å². The van der Waals surface area contributed by atoms with Crippen LogP contribution in [0.2, 0.25) is 0 Å². The first-order valence-corrected chi connectivity index (χ1v) is 3.43. The first-order valence-electron chi connectivity index (χ1n) is 2.00. The van der Waals surface area contributed by atoms with Crippen LogP contribution in [0.15, 0.2) is 0 Å². The normalized spacial score (nSPS) is 9.67. The van der Waals surface area contributed by atoms with Gasteiger partial charge in [0, 0.05) is 0 Å². The zero-order chi connectivity index (χ0) is 7.44. The van der Waals surface area contributed by atoms with Gasteiger partial charge < -0.3 is 14.9 Å². The van der Waals surface area contributed by atoms with Gasteiger partial charge in [-0.25, -0.2) is 4.79 Å². The zero-order valence-electron chi connectivity index (χ0n) is 4.40. The molecule has 0 saturated heterocycles. The maximum absolute atomic E-state index is 9.80. The van der Waals surface area contributed by atoms with Crippen molar-refractivity contribution in [1.29, 1.82) is 5.41 Å². The Labute approximate surface area is 52.4 Å². The van der Waals surface area contributed by atoms with Gasteiger partial charge in [-0.3, -0.25) is 5.41 Å². The fourth-order valence-electron chi connectivity index (χ4n) is 0.209.